The molecule has 1 aliphatic heterocycles. The number of amides is 3. The van der Waals surface area contributed by atoms with E-state index in [0.29, 0.717) is 37.2 Å². The minimum Gasteiger partial charge on any atom is -0.489 e. The van der Waals surface area contributed by atoms with Crippen molar-refractivity contribution in [2.24, 2.45) is 0 Å². The van der Waals surface area contributed by atoms with E-state index in [0.717, 1.165) is 5.56 Å². The number of hydrogen-bond acceptors (Lipinski definition) is 4. The van der Waals surface area contributed by atoms with Crippen molar-refractivity contribution in [3.63, 3.8) is 0 Å². The number of benzene rings is 1. The zero-order chi connectivity index (χ0) is 19.8. The van der Waals surface area contributed by atoms with Crippen LogP contribution in [0.1, 0.15) is 22.8 Å². The highest BCUT2D eigenvalue weighted by Crippen LogP contribution is 2.24. The molecule has 0 spiro atoms. The number of nitrogens with one attached hydrogen (secondary N) is 2. The van der Waals surface area contributed by atoms with Crippen LogP contribution in [0, 0.1) is 0 Å². The topological polar surface area (TPSA) is 108 Å². The third kappa shape index (κ3) is 5.70. The van der Waals surface area contributed by atoms with Crippen LogP contribution in [0.4, 0.5) is 9.18 Å². The normalized spacial score (nSPS) is 13.8. The molecule has 9 heteroatoms. The van der Waals surface area contributed by atoms with Crippen LogP contribution in [0.15, 0.2) is 30.1 Å². The first kappa shape index (κ1) is 20.2. The Bertz CT molecular complexity index is 751. The lowest BCUT2D eigenvalue weighted by Gasteiger charge is -2.28. The second-order valence-corrected chi connectivity index (χ2v) is 5.96. The molecule has 8 nitrogen and oxygen atoms in total. The van der Waals surface area contributed by atoms with Crippen LogP contribution in [0.2, 0.25) is 0 Å². The van der Waals surface area contributed by atoms with E-state index in [4.69, 9.17) is 9.84 Å². The SMILES string of the molecule is CCNC(=O)CN1CCc2cc(OC/C(=C\F)CNC(=O)O)ccc2C1=O. The largest absolute Gasteiger partial charge is 0.489 e. The summed E-state index contributed by atoms with van der Waals surface area (Å²) in [6.07, 6.45) is -0.375. The number of likely N-dealkylation sites (N-methyl/N-ethyl adjacent to an activating group) is 1. The number of halogens is 1. The van der Waals surface area contributed by atoms with Crippen LogP contribution in [0.25, 0.3) is 0 Å². The van der Waals surface area contributed by atoms with Crippen LogP contribution in [0.3, 0.4) is 0 Å². The van der Waals surface area contributed by atoms with Gasteiger partial charge in [-0.25, -0.2) is 9.18 Å². The first-order valence-corrected chi connectivity index (χ1v) is 8.51. The summed E-state index contributed by atoms with van der Waals surface area (Å²) >= 11 is 0. The summed E-state index contributed by atoms with van der Waals surface area (Å²) in [6.45, 7) is 2.47. The second kappa shape index (κ2) is 9.56. The van der Waals surface area contributed by atoms with Gasteiger partial charge in [0.25, 0.3) is 5.91 Å². The molecule has 3 amide bonds. The molecule has 0 unspecified atom stereocenters. The first-order chi connectivity index (χ1) is 12.9. The standard InChI is InChI=1S/C18H22FN3O5/c1-2-20-16(23)10-22-6-5-13-7-14(3-4-15(13)17(22)24)27-11-12(8-19)9-21-18(25)26/h3-4,7-8,21H,2,5-6,9-11H2,1H3,(H,20,23)(H,25,26)/b12-8-. The highest BCUT2D eigenvalue weighted by Gasteiger charge is 2.26. The summed E-state index contributed by atoms with van der Waals surface area (Å²) in [7, 11) is 0. The quantitative estimate of drug-likeness (QED) is 0.631. The lowest BCUT2D eigenvalue weighted by atomic mass is 9.98. The molecule has 0 fully saturated rings. The number of rotatable bonds is 8. The van der Waals surface area contributed by atoms with Gasteiger partial charge in [-0.15, -0.1) is 0 Å². The van der Waals surface area contributed by atoms with Gasteiger partial charge in [0.15, 0.2) is 0 Å². The van der Waals surface area contributed by atoms with Crippen molar-refractivity contribution in [1.82, 2.24) is 15.5 Å². The van der Waals surface area contributed by atoms with Gasteiger partial charge in [0.05, 0.1) is 12.9 Å². The maximum absolute atomic E-state index is 12.8. The molecule has 0 saturated heterocycles. The molecule has 0 saturated carbocycles. The van der Waals surface area contributed by atoms with Crippen LogP contribution >= 0.6 is 0 Å². The fourth-order valence-corrected chi connectivity index (χ4v) is 2.67. The van der Waals surface area contributed by atoms with E-state index in [1.165, 1.54) is 4.90 Å². The summed E-state index contributed by atoms with van der Waals surface area (Å²) in [6, 6.07) is 4.91. The fraction of sp³-hybridized carbons (Fsp3) is 0.389. The molecule has 0 aliphatic carbocycles. The predicted molar refractivity (Wildman–Crippen MR) is 95.4 cm³/mol. The van der Waals surface area contributed by atoms with Crippen LogP contribution in [-0.2, 0) is 11.2 Å². The van der Waals surface area contributed by atoms with Crippen molar-refractivity contribution in [3.05, 3.63) is 41.2 Å². The average Bonchev–Trinajstić information content (AvgIpc) is 2.64. The summed E-state index contributed by atoms with van der Waals surface area (Å²) in [5.74, 6) is 0.0345. The zero-order valence-electron chi connectivity index (χ0n) is 15.0. The minimum absolute atomic E-state index is 0.0194. The minimum atomic E-state index is -1.25. The van der Waals surface area contributed by atoms with Gasteiger partial charge < -0.3 is 25.4 Å². The monoisotopic (exact) mass is 379 g/mol. The molecular formula is C18H22FN3O5. The highest BCUT2D eigenvalue weighted by atomic mass is 19.1. The molecule has 1 aromatic rings. The summed E-state index contributed by atoms with van der Waals surface area (Å²) in [5.41, 5.74) is 1.44. The van der Waals surface area contributed by atoms with Gasteiger partial charge in [0.2, 0.25) is 5.91 Å². The second-order valence-electron chi connectivity index (χ2n) is 5.96. The Morgan fingerprint density at radius 3 is 2.81 bits per heavy atom. The van der Waals surface area contributed by atoms with Crippen molar-refractivity contribution in [1.29, 1.82) is 0 Å². The van der Waals surface area contributed by atoms with E-state index in [-0.39, 0.29) is 37.1 Å². The van der Waals surface area contributed by atoms with Crippen LogP contribution < -0.4 is 15.4 Å². The van der Waals surface area contributed by atoms with Crippen LogP contribution in [0.5, 0.6) is 5.75 Å². The number of carbonyl (C=O) groups is 3. The molecule has 3 N–H and O–H groups in total. The van der Waals surface area contributed by atoms with E-state index in [9.17, 15) is 18.8 Å². The summed E-state index contributed by atoms with van der Waals surface area (Å²) < 4.78 is 18.3. The molecular weight excluding hydrogens is 357 g/mol. The Labute approximate surface area is 156 Å². The Hall–Kier alpha value is -3.10. The molecule has 0 bridgehead atoms. The van der Waals surface area contributed by atoms with Gasteiger partial charge >= 0.3 is 6.09 Å². The van der Waals surface area contributed by atoms with Crippen molar-refractivity contribution in [2.45, 2.75) is 13.3 Å². The molecule has 0 atom stereocenters. The maximum Gasteiger partial charge on any atom is 0.404 e. The third-order valence-corrected chi connectivity index (χ3v) is 4.00. The molecule has 0 radical (unpaired) electrons. The Morgan fingerprint density at radius 2 is 2.15 bits per heavy atom. The van der Waals surface area contributed by atoms with Gasteiger partial charge in [0.1, 0.15) is 12.4 Å². The predicted octanol–water partition coefficient (Wildman–Crippen LogP) is 1.32. The number of carbonyl (C=O) groups excluding carboxylic acids is 2. The summed E-state index contributed by atoms with van der Waals surface area (Å²) in [4.78, 5) is 36.2. The van der Waals surface area contributed by atoms with Crippen molar-refractivity contribution in [3.8, 4) is 5.75 Å². The molecule has 0 aromatic heterocycles. The van der Waals surface area contributed by atoms with Gasteiger partial charge in [-0.1, -0.05) is 0 Å². The van der Waals surface area contributed by atoms with E-state index < -0.39 is 6.09 Å². The van der Waals surface area contributed by atoms with E-state index in [2.05, 4.69) is 10.6 Å². The summed E-state index contributed by atoms with van der Waals surface area (Å²) in [5, 5.41) is 13.3. The van der Waals surface area contributed by atoms with E-state index in [1.807, 2.05) is 6.92 Å². The molecule has 1 aromatic carbocycles. The molecule has 2 rings (SSSR count). The van der Waals surface area contributed by atoms with Gasteiger partial charge in [-0.3, -0.25) is 9.59 Å². The molecule has 27 heavy (non-hydrogen) atoms. The molecule has 1 heterocycles. The highest BCUT2D eigenvalue weighted by molar-refractivity contribution is 5.98. The van der Waals surface area contributed by atoms with Gasteiger partial charge in [-0.05, 0) is 37.1 Å². The van der Waals surface area contributed by atoms with Crippen molar-refractivity contribution >= 4 is 17.9 Å². The van der Waals surface area contributed by atoms with Crippen molar-refractivity contribution < 1.29 is 28.6 Å². The number of carboxylic acid groups (broad SMARTS) is 1. The van der Waals surface area contributed by atoms with E-state index in [1.54, 1.807) is 18.2 Å². The lowest BCUT2D eigenvalue weighted by molar-refractivity contribution is -0.121. The third-order valence-electron chi connectivity index (χ3n) is 4.00. The lowest BCUT2D eigenvalue weighted by Crippen LogP contribution is -2.44. The number of hydrogen-bond donors (Lipinski definition) is 3. The Balaban J connectivity index is 1.98. The maximum atomic E-state index is 12.8. The zero-order valence-corrected chi connectivity index (χ0v) is 15.0. The number of nitrogens with zero attached hydrogens (tertiary/aromatic N) is 1. The molecule has 1 aliphatic rings. The number of ether oxygens (including phenoxy) is 1. The first-order valence-electron chi connectivity index (χ1n) is 8.51. The van der Waals surface area contributed by atoms with Gasteiger partial charge in [-0.2, -0.15) is 0 Å². The van der Waals surface area contributed by atoms with Gasteiger partial charge in [0, 0.05) is 30.8 Å². The number of fused-ring (bicyclic) bond motifs is 1. The smallest absolute Gasteiger partial charge is 0.404 e. The van der Waals surface area contributed by atoms with Crippen LogP contribution in [-0.4, -0.2) is 60.7 Å². The van der Waals surface area contributed by atoms with Crippen molar-refractivity contribution in [2.75, 3.05) is 32.8 Å². The fourth-order valence-electron chi connectivity index (χ4n) is 2.67. The average molecular weight is 379 g/mol. The Kier molecular flexibility index (Phi) is 7.16. The van der Waals surface area contributed by atoms with E-state index >= 15 is 0 Å². The Morgan fingerprint density at radius 1 is 1.37 bits per heavy atom. The molecule has 146 valence electrons.